The first-order valence-electron chi connectivity index (χ1n) is 26.9. The molecule has 0 aromatic rings. The fraction of sp³-hybridized carbons (Fsp3) is 0.943. The van der Waals surface area contributed by atoms with Gasteiger partial charge in [0, 0.05) is 24.8 Å². The number of unbranched alkanes of at least 4 members (excludes halogenated alkanes) is 24. The third-order valence-corrected chi connectivity index (χ3v) is 13.9. The molecule has 0 fully saturated rings. The van der Waals surface area contributed by atoms with E-state index in [1.54, 1.807) is 11.8 Å². The lowest BCUT2D eigenvalue weighted by Crippen LogP contribution is -2.50. The van der Waals surface area contributed by atoms with E-state index in [1.807, 2.05) is 0 Å². The lowest BCUT2D eigenvalue weighted by Gasteiger charge is -2.24. The minimum absolute atomic E-state index is 0.0408. The van der Waals surface area contributed by atoms with E-state index in [4.69, 9.17) is 4.74 Å². The Morgan fingerprint density at radius 2 is 0.902 bits per heavy atom. The number of rotatable bonds is 48. The van der Waals surface area contributed by atoms with Crippen LogP contribution in [0.4, 0.5) is 0 Å². The van der Waals surface area contributed by atoms with E-state index in [0.29, 0.717) is 43.4 Å². The second-order valence-electron chi connectivity index (χ2n) is 18.4. The smallest absolute Gasteiger partial charge is 0.306 e. The Morgan fingerprint density at radius 3 is 1.34 bits per heavy atom. The molecule has 2 amide bonds. The summed E-state index contributed by atoms with van der Waals surface area (Å²) in [5, 5.41) is 6.36. The molecule has 61 heavy (non-hydrogen) atoms. The van der Waals surface area contributed by atoms with Crippen molar-refractivity contribution in [3.8, 4) is 0 Å². The SMILES string of the molecule is CCCCCCCCCCCCC(CCCCCCCCCC)COC(=O)CCSCCC(NC(=O)C(CCCCCC)CCCCCCCC)C(=O)NCCN(CC)CC. The van der Waals surface area contributed by atoms with Crippen LogP contribution in [0.5, 0.6) is 0 Å². The molecular weight excluding hydrogens is 775 g/mol. The molecule has 362 valence electrons. The van der Waals surface area contributed by atoms with Gasteiger partial charge in [-0.05, 0) is 56.9 Å². The number of nitrogens with one attached hydrogen (secondary N) is 2. The number of carbonyl (C=O) groups is 3. The summed E-state index contributed by atoms with van der Waals surface area (Å²) in [6.45, 7) is 17.1. The van der Waals surface area contributed by atoms with Gasteiger partial charge in [0.2, 0.25) is 11.8 Å². The summed E-state index contributed by atoms with van der Waals surface area (Å²) in [5.74, 6) is 1.66. The second kappa shape index (κ2) is 46.7. The molecule has 0 saturated carbocycles. The molecule has 8 heteroatoms. The van der Waals surface area contributed by atoms with Crippen LogP contribution in [0.1, 0.15) is 260 Å². The molecule has 0 saturated heterocycles. The summed E-state index contributed by atoms with van der Waals surface area (Å²) in [4.78, 5) is 42.6. The molecular formula is C53H105N3O4S. The predicted molar refractivity (Wildman–Crippen MR) is 268 cm³/mol. The topological polar surface area (TPSA) is 87.7 Å². The molecule has 0 rings (SSSR count). The maximum atomic E-state index is 13.8. The fourth-order valence-electron chi connectivity index (χ4n) is 8.49. The van der Waals surface area contributed by atoms with Crippen LogP contribution in [-0.4, -0.2) is 73.0 Å². The van der Waals surface area contributed by atoms with E-state index in [-0.39, 0.29) is 23.7 Å². The van der Waals surface area contributed by atoms with Crippen molar-refractivity contribution in [2.45, 2.75) is 266 Å². The summed E-state index contributed by atoms with van der Waals surface area (Å²) in [6, 6.07) is -0.561. The lowest BCUT2D eigenvalue weighted by molar-refractivity contribution is -0.144. The predicted octanol–water partition coefficient (Wildman–Crippen LogP) is 14.8. The summed E-state index contributed by atoms with van der Waals surface area (Å²) < 4.78 is 5.93. The Bertz CT molecular complexity index is 964. The van der Waals surface area contributed by atoms with E-state index >= 15 is 0 Å². The Labute approximate surface area is 384 Å². The molecule has 0 aliphatic carbocycles. The van der Waals surface area contributed by atoms with Gasteiger partial charge in [-0.2, -0.15) is 11.8 Å². The van der Waals surface area contributed by atoms with Crippen LogP contribution in [0.25, 0.3) is 0 Å². The number of ether oxygens (including phenoxy) is 1. The fourth-order valence-corrected chi connectivity index (χ4v) is 9.41. The van der Waals surface area contributed by atoms with Crippen LogP contribution < -0.4 is 10.6 Å². The summed E-state index contributed by atoms with van der Waals surface area (Å²) in [7, 11) is 0. The third kappa shape index (κ3) is 38.9. The molecule has 0 radical (unpaired) electrons. The van der Waals surface area contributed by atoms with Gasteiger partial charge in [0.1, 0.15) is 6.04 Å². The average molecular weight is 881 g/mol. The van der Waals surface area contributed by atoms with Gasteiger partial charge in [-0.25, -0.2) is 0 Å². The first-order chi connectivity index (χ1) is 29.9. The number of carbonyl (C=O) groups excluding carboxylic acids is 3. The van der Waals surface area contributed by atoms with Gasteiger partial charge in [-0.15, -0.1) is 0 Å². The number of hydrogen-bond acceptors (Lipinski definition) is 6. The van der Waals surface area contributed by atoms with Crippen LogP contribution in [-0.2, 0) is 19.1 Å². The Hall–Kier alpha value is -1.28. The van der Waals surface area contributed by atoms with Crippen molar-refractivity contribution < 1.29 is 19.1 Å². The van der Waals surface area contributed by atoms with Gasteiger partial charge in [-0.1, -0.05) is 221 Å². The summed E-state index contributed by atoms with van der Waals surface area (Å²) in [5.41, 5.74) is 0. The number of amides is 2. The summed E-state index contributed by atoms with van der Waals surface area (Å²) in [6.07, 6.45) is 41.0. The molecule has 0 heterocycles. The Morgan fingerprint density at radius 1 is 0.492 bits per heavy atom. The molecule has 0 aliphatic rings. The molecule has 7 nitrogen and oxygen atoms in total. The molecule has 0 bridgehead atoms. The zero-order valence-corrected chi connectivity index (χ0v) is 42.5. The quantitative estimate of drug-likeness (QED) is 0.0468. The first-order valence-corrected chi connectivity index (χ1v) is 28.1. The number of thioether (sulfide) groups is 1. The molecule has 0 aromatic carbocycles. The van der Waals surface area contributed by atoms with Crippen LogP contribution in [0.3, 0.4) is 0 Å². The van der Waals surface area contributed by atoms with Crippen LogP contribution in [0, 0.1) is 11.8 Å². The highest BCUT2D eigenvalue weighted by atomic mass is 32.2. The number of hydrogen-bond donors (Lipinski definition) is 2. The van der Waals surface area contributed by atoms with Crippen molar-refractivity contribution >= 4 is 29.5 Å². The minimum atomic E-state index is -0.561. The number of nitrogens with zero attached hydrogens (tertiary/aromatic N) is 1. The second-order valence-corrected chi connectivity index (χ2v) is 19.6. The van der Waals surface area contributed by atoms with Crippen molar-refractivity contribution in [3.63, 3.8) is 0 Å². The van der Waals surface area contributed by atoms with Gasteiger partial charge >= 0.3 is 5.97 Å². The maximum absolute atomic E-state index is 13.8. The van der Waals surface area contributed by atoms with Crippen molar-refractivity contribution in [2.75, 3.05) is 44.3 Å². The van der Waals surface area contributed by atoms with E-state index < -0.39 is 6.04 Å². The van der Waals surface area contributed by atoms with Crippen LogP contribution in [0.15, 0.2) is 0 Å². The monoisotopic (exact) mass is 880 g/mol. The maximum Gasteiger partial charge on any atom is 0.306 e. The van der Waals surface area contributed by atoms with E-state index in [1.165, 1.54) is 161 Å². The van der Waals surface area contributed by atoms with E-state index in [0.717, 1.165) is 64.6 Å². The largest absolute Gasteiger partial charge is 0.465 e. The Kier molecular flexibility index (Phi) is 45.7. The highest BCUT2D eigenvalue weighted by molar-refractivity contribution is 7.99. The molecule has 2 N–H and O–H groups in total. The van der Waals surface area contributed by atoms with E-state index in [2.05, 4.69) is 57.1 Å². The molecule has 0 aliphatic heterocycles. The lowest BCUT2D eigenvalue weighted by atomic mass is 9.93. The van der Waals surface area contributed by atoms with Crippen molar-refractivity contribution in [2.24, 2.45) is 11.8 Å². The highest BCUT2D eigenvalue weighted by Gasteiger charge is 2.25. The zero-order valence-electron chi connectivity index (χ0n) is 41.7. The van der Waals surface area contributed by atoms with Gasteiger partial charge in [0.15, 0.2) is 0 Å². The van der Waals surface area contributed by atoms with E-state index in [9.17, 15) is 14.4 Å². The minimum Gasteiger partial charge on any atom is -0.465 e. The van der Waals surface area contributed by atoms with Gasteiger partial charge < -0.3 is 20.3 Å². The molecule has 3 atom stereocenters. The Balaban J connectivity index is 5.10. The molecule has 0 aromatic heterocycles. The zero-order chi connectivity index (χ0) is 44.9. The average Bonchev–Trinajstić information content (AvgIpc) is 3.26. The van der Waals surface area contributed by atoms with Crippen LogP contribution >= 0.6 is 11.8 Å². The highest BCUT2D eigenvalue weighted by Crippen LogP contribution is 2.22. The number of esters is 1. The van der Waals surface area contributed by atoms with Crippen molar-refractivity contribution in [3.05, 3.63) is 0 Å². The molecule has 3 unspecified atom stereocenters. The number of likely N-dealkylation sites (N-methyl/N-ethyl adjacent to an activating group) is 1. The third-order valence-electron chi connectivity index (χ3n) is 12.9. The first kappa shape index (κ1) is 59.7. The summed E-state index contributed by atoms with van der Waals surface area (Å²) >= 11 is 1.69. The molecule has 0 spiro atoms. The standard InChI is InChI=1S/C53H105N3O4S/c1-7-13-17-21-24-26-27-29-31-34-38-48(37-33-30-28-25-22-18-14-8-2)47-60-51(57)42-46-61-45-41-50(53(59)54-43-44-56(11-5)12-6)55-52(58)49(39-35-20-16-10-4)40-36-32-23-19-15-9-3/h48-50H,7-47H2,1-6H3,(H,54,59)(H,55,58). The van der Waals surface area contributed by atoms with Gasteiger partial charge in [0.05, 0.1) is 13.0 Å². The normalized spacial score (nSPS) is 13.0. The van der Waals surface area contributed by atoms with Crippen molar-refractivity contribution in [1.82, 2.24) is 15.5 Å². The van der Waals surface area contributed by atoms with Crippen LogP contribution in [0.2, 0.25) is 0 Å². The van der Waals surface area contributed by atoms with Gasteiger partial charge in [-0.3, -0.25) is 14.4 Å². The van der Waals surface area contributed by atoms with Gasteiger partial charge in [0.25, 0.3) is 0 Å². The van der Waals surface area contributed by atoms with Crippen molar-refractivity contribution in [1.29, 1.82) is 0 Å².